The molecule has 1 heterocycles. The van der Waals surface area contributed by atoms with Crippen molar-refractivity contribution in [3.8, 4) is 0 Å². The van der Waals surface area contributed by atoms with Gasteiger partial charge in [-0.15, -0.1) is 0 Å². The van der Waals surface area contributed by atoms with Crippen LogP contribution in [-0.2, 0) is 4.74 Å². The van der Waals surface area contributed by atoms with Crippen LogP contribution in [0, 0.1) is 10.1 Å². The van der Waals surface area contributed by atoms with Gasteiger partial charge in [-0.2, -0.15) is 0 Å². The van der Waals surface area contributed by atoms with Crippen LogP contribution in [0.4, 0.5) is 16.2 Å². The molecule has 1 N–H and O–H groups in total. The summed E-state index contributed by atoms with van der Waals surface area (Å²) in [5.41, 5.74) is -0.0115. The fourth-order valence-corrected chi connectivity index (χ4v) is 2.35. The first kappa shape index (κ1) is 16.1. The molecule has 1 aliphatic heterocycles. The van der Waals surface area contributed by atoms with Crippen molar-refractivity contribution in [2.24, 2.45) is 0 Å². The maximum Gasteiger partial charge on any atom is 0.410 e. The van der Waals surface area contributed by atoms with Crippen LogP contribution >= 0.6 is 0 Å². The molecule has 0 aromatic heterocycles. The summed E-state index contributed by atoms with van der Waals surface area (Å²) in [5.74, 6) is 0. The smallest absolute Gasteiger partial charge is 0.410 e. The molecule has 22 heavy (non-hydrogen) atoms. The van der Waals surface area contributed by atoms with E-state index in [1.807, 2.05) is 20.8 Å². The summed E-state index contributed by atoms with van der Waals surface area (Å²) in [6.07, 6.45) is 0.380. The van der Waals surface area contributed by atoms with Gasteiger partial charge in [-0.05, 0) is 33.3 Å². The van der Waals surface area contributed by atoms with Crippen molar-refractivity contribution in [2.75, 3.05) is 18.4 Å². The molecule has 0 saturated carbocycles. The topological polar surface area (TPSA) is 84.7 Å². The van der Waals surface area contributed by atoms with E-state index in [0.29, 0.717) is 18.8 Å². The van der Waals surface area contributed by atoms with Gasteiger partial charge in [0.2, 0.25) is 0 Å². The number of nitro benzene ring substituents is 1. The summed E-state index contributed by atoms with van der Waals surface area (Å²) in [6, 6.07) is 6.49. The third-order valence-electron chi connectivity index (χ3n) is 3.30. The molecule has 1 saturated heterocycles. The fourth-order valence-electron chi connectivity index (χ4n) is 2.35. The average Bonchev–Trinajstić information content (AvgIpc) is 2.86. The Balaban J connectivity index is 1.97. The largest absolute Gasteiger partial charge is 0.444 e. The summed E-state index contributed by atoms with van der Waals surface area (Å²) < 4.78 is 5.33. The number of amides is 1. The van der Waals surface area contributed by atoms with Gasteiger partial charge >= 0.3 is 6.09 Å². The highest BCUT2D eigenvalue weighted by atomic mass is 16.6. The minimum atomic E-state index is -0.527. The first-order valence-electron chi connectivity index (χ1n) is 7.24. The molecule has 0 radical (unpaired) electrons. The number of rotatable bonds is 3. The van der Waals surface area contributed by atoms with Gasteiger partial charge in [0.1, 0.15) is 11.3 Å². The highest BCUT2D eigenvalue weighted by Gasteiger charge is 2.30. The van der Waals surface area contributed by atoms with Crippen LogP contribution in [0.2, 0.25) is 0 Å². The van der Waals surface area contributed by atoms with Gasteiger partial charge in [0.05, 0.1) is 4.92 Å². The molecule has 120 valence electrons. The Hall–Kier alpha value is -2.31. The van der Waals surface area contributed by atoms with Crippen LogP contribution in [0.1, 0.15) is 27.2 Å². The van der Waals surface area contributed by atoms with Crippen LogP contribution in [0.15, 0.2) is 24.3 Å². The summed E-state index contributed by atoms with van der Waals surface area (Å²) in [4.78, 5) is 24.2. The molecule has 7 nitrogen and oxygen atoms in total. The quantitative estimate of drug-likeness (QED) is 0.685. The summed E-state index contributed by atoms with van der Waals surface area (Å²) >= 11 is 0. The number of likely N-dealkylation sites (tertiary alicyclic amines) is 1. The molecule has 7 heteroatoms. The van der Waals surface area contributed by atoms with Crippen LogP contribution in [-0.4, -0.2) is 40.6 Å². The Morgan fingerprint density at radius 3 is 2.73 bits per heavy atom. The molecule has 1 aromatic carbocycles. The number of para-hydroxylation sites is 2. The van der Waals surface area contributed by atoms with E-state index < -0.39 is 10.5 Å². The van der Waals surface area contributed by atoms with Gasteiger partial charge in [-0.25, -0.2) is 4.79 Å². The summed E-state index contributed by atoms with van der Waals surface area (Å²) in [6.45, 7) is 6.52. The molecule has 1 unspecified atom stereocenters. The molecule has 1 atom stereocenters. The Kier molecular flexibility index (Phi) is 4.54. The van der Waals surface area contributed by atoms with Crippen LogP contribution in [0.3, 0.4) is 0 Å². The minimum absolute atomic E-state index is 0.0198. The normalized spacial score (nSPS) is 18.1. The van der Waals surface area contributed by atoms with Gasteiger partial charge in [-0.1, -0.05) is 12.1 Å². The third kappa shape index (κ3) is 4.09. The fraction of sp³-hybridized carbons (Fsp3) is 0.533. The van der Waals surface area contributed by atoms with E-state index in [-0.39, 0.29) is 17.8 Å². The van der Waals surface area contributed by atoms with Gasteiger partial charge in [-0.3, -0.25) is 10.1 Å². The van der Waals surface area contributed by atoms with E-state index in [4.69, 9.17) is 4.74 Å². The lowest BCUT2D eigenvalue weighted by atomic mass is 10.2. The summed E-state index contributed by atoms with van der Waals surface area (Å²) in [7, 11) is 0. The Labute approximate surface area is 129 Å². The number of carbonyl (C=O) groups is 1. The minimum Gasteiger partial charge on any atom is -0.444 e. The van der Waals surface area contributed by atoms with Gasteiger partial charge < -0.3 is 15.0 Å². The molecular weight excluding hydrogens is 286 g/mol. The SMILES string of the molecule is CC(C)(C)OC(=O)N1CCC(Nc2ccccc2[N+](=O)[O-])C1. The lowest BCUT2D eigenvalue weighted by molar-refractivity contribution is -0.384. The second-order valence-electron chi connectivity index (χ2n) is 6.33. The number of hydrogen-bond donors (Lipinski definition) is 1. The standard InChI is InChI=1S/C15H21N3O4/c1-15(2,3)22-14(19)17-9-8-11(10-17)16-12-6-4-5-7-13(12)18(20)21/h4-7,11,16H,8-10H2,1-3H3. The van der Waals surface area contributed by atoms with Crippen molar-refractivity contribution >= 4 is 17.5 Å². The number of benzene rings is 1. The third-order valence-corrected chi connectivity index (χ3v) is 3.30. The molecular formula is C15H21N3O4. The van der Waals surface area contributed by atoms with E-state index >= 15 is 0 Å². The highest BCUT2D eigenvalue weighted by molar-refractivity contribution is 5.69. The van der Waals surface area contributed by atoms with E-state index in [0.717, 1.165) is 6.42 Å². The number of anilines is 1. The predicted octanol–water partition coefficient (Wildman–Crippen LogP) is 3.02. The summed E-state index contributed by atoms with van der Waals surface area (Å²) in [5, 5.41) is 14.2. The Bertz CT molecular complexity index is 568. The molecule has 1 amide bonds. The molecule has 1 aliphatic rings. The number of nitro groups is 1. The van der Waals surface area contributed by atoms with Crippen LogP contribution < -0.4 is 5.32 Å². The lowest BCUT2D eigenvalue weighted by Gasteiger charge is -2.24. The number of carbonyl (C=O) groups excluding carboxylic acids is 1. The van der Waals surface area contributed by atoms with Gasteiger partial charge in [0.15, 0.2) is 0 Å². The molecule has 1 aromatic rings. The van der Waals surface area contributed by atoms with Crippen molar-refractivity contribution in [3.05, 3.63) is 34.4 Å². The number of nitrogens with zero attached hydrogens (tertiary/aromatic N) is 2. The van der Waals surface area contributed by atoms with E-state index in [1.165, 1.54) is 6.07 Å². The van der Waals surface area contributed by atoms with Crippen molar-refractivity contribution in [3.63, 3.8) is 0 Å². The Morgan fingerprint density at radius 2 is 2.09 bits per heavy atom. The Morgan fingerprint density at radius 1 is 1.41 bits per heavy atom. The van der Waals surface area contributed by atoms with Crippen molar-refractivity contribution < 1.29 is 14.5 Å². The maximum absolute atomic E-state index is 12.0. The first-order chi connectivity index (χ1) is 10.3. The van der Waals surface area contributed by atoms with E-state index in [2.05, 4.69) is 5.32 Å². The second-order valence-corrected chi connectivity index (χ2v) is 6.33. The molecule has 0 aliphatic carbocycles. The van der Waals surface area contributed by atoms with Crippen molar-refractivity contribution in [1.82, 2.24) is 4.90 Å². The van der Waals surface area contributed by atoms with Crippen molar-refractivity contribution in [1.29, 1.82) is 0 Å². The van der Waals surface area contributed by atoms with Gasteiger partial charge in [0.25, 0.3) is 5.69 Å². The highest BCUT2D eigenvalue weighted by Crippen LogP contribution is 2.26. The van der Waals surface area contributed by atoms with Crippen molar-refractivity contribution in [2.45, 2.75) is 38.8 Å². The predicted molar refractivity (Wildman–Crippen MR) is 82.9 cm³/mol. The second kappa shape index (κ2) is 6.21. The lowest BCUT2D eigenvalue weighted by Crippen LogP contribution is -2.36. The average molecular weight is 307 g/mol. The van der Waals surface area contributed by atoms with Gasteiger partial charge in [0, 0.05) is 25.2 Å². The maximum atomic E-state index is 12.0. The zero-order valence-electron chi connectivity index (χ0n) is 13.0. The number of nitrogens with one attached hydrogen (secondary N) is 1. The number of ether oxygens (including phenoxy) is 1. The first-order valence-corrected chi connectivity index (χ1v) is 7.24. The van der Waals surface area contributed by atoms with Crippen LogP contribution in [0.25, 0.3) is 0 Å². The number of hydrogen-bond acceptors (Lipinski definition) is 5. The molecule has 1 fully saturated rings. The van der Waals surface area contributed by atoms with E-state index in [9.17, 15) is 14.9 Å². The zero-order chi connectivity index (χ0) is 16.3. The van der Waals surface area contributed by atoms with Crippen LogP contribution in [0.5, 0.6) is 0 Å². The molecule has 2 rings (SSSR count). The molecule has 0 spiro atoms. The zero-order valence-corrected chi connectivity index (χ0v) is 13.0. The molecule has 0 bridgehead atoms. The monoisotopic (exact) mass is 307 g/mol. The van der Waals surface area contributed by atoms with E-state index in [1.54, 1.807) is 23.1 Å².